The van der Waals surface area contributed by atoms with Crippen LogP contribution in [-0.2, 0) is 11.3 Å². The van der Waals surface area contributed by atoms with Crippen LogP contribution in [0.4, 0.5) is 0 Å². The molecular formula is C15H13NO3S. The minimum Gasteiger partial charge on any atom is -0.481 e. The number of nitrogens with zero attached hydrogens (tertiary/aromatic N) is 1. The Morgan fingerprint density at radius 2 is 2.10 bits per heavy atom. The number of carbonyl (C=O) groups is 2. The number of benzene rings is 1. The van der Waals surface area contributed by atoms with Crippen molar-refractivity contribution in [2.24, 2.45) is 0 Å². The molecule has 4 nitrogen and oxygen atoms in total. The van der Waals surface area contributed by atoms with Crippen LogP contribution in [-0.4, -0.2) is 21.9 Å². The zero-order valence-electron chi connectivity index (χ0n) is 10.7. The molecule has 20 heavy (non-hydrogen) atoms. The summed E-state index contributed by atoms with van der Waals surface area (Å²) in [5, 5.41) is 11.0. The van der Waals surface area contributed by atoms with Crippen LogP contribution in [0.1, 0.15) is 33.3 Å². The maximum atomic E-state index is 12.5. The van der Waals surface area contributed by atoms with E-state index in [0.29, 0.717) is 12.1 Å². The molecule has 1 amide bonds. The number of amides is 1. The molecule has 1 aromatic carbocycles. The van der Waals surface area contributed by atoms with Gasteiger partial charge in [-0.3, -0.25) is 9.59 Å². The highest BCUT2D eigenvalue weighted by Crippen LogP contribution is 2.35. The van der Waals surface area contributed by atoms with E-state index in [2.05, 4.69) is 0 Å². The minimum atomic E-state index is -0.896. The van der Waals surface area contributed by atoms with E-state index in [4.69, 9.17) is 5.11 Å². The summed E-state index contributed by atoms with van der Waals surface area (Å²) >= 11 is 1.48. The van der Waals surface area contributed by atoms with Crippen LogP contribution < -0.4 is 0 Å². The SMILES string of the molecule is O=C(O)C[C@H](c1cccs1)N1Cc2ccccc2C1=O. The largest absolute Gasteiger partial charge is 0.481 e. The third-order valence-electron chi connectivity index (χ3n) is 3.47. The topological polar surface area (TPSA) is 57.6 Å². The second-order valence-corrected chi connectivity index (χ2v) is 5.70. The molecule has 3 rings (SSSR count). The summed E-state index contributed by atoms with van der Waals surface area (Å²) in [5.41, 5.74) is 1.64. The molecule has 0 bridgehead atoms. The molecule has 1 N–H and O–H groups in total. The fraction of sp³-hybridized carbons (Fsp3) is 0.200. The Labute approximate surface area is 120 Å². The maximum Gasteiger partial charge on any atom is 0.305 e. The summed E-state index contributed by atoms with van der Waals surface area (Å²) in [5.74, 6) is -0.979. The Bertz CT molecular complexity index is 651. The zero-order valence-corrected chi connectivity index (χ0v) is 11.5. The van der Waals surface area contributed by atoms with E-state index in [9.17, 15) is 9.59 Å². The molecule has 0 saturated carbocycles. The van der Waals surface area contributed by atoms with Gasteiger partial charge in [-0.05, 0) is 23.1 Å². The summed E-state index contributed by atoms with van der Waals surface area (Å²) in [4.78, 5) is 26.1. The third-order valence-corrected chi connectivity index (χ3v) is 4.44. The van der Waals surface area contributed by atoms with Gasteiger partial charge in [0.25, 0.3) is 5.91 Å². The van der Waals surface area contributed by atoms with Crippen LogP contribution >= 0.6 is 11.3 Å². The fourth-order valence-corrected chi connectivity index (χ4v) is 3.38. The lowest BCUT2D eigenvalue weighted by atomic mass is 10.1. The van der Waals surface area contributed by atoms with E-state index in [-0.39, 0.29) is 12.3 Å². The number of fused-ring (bicyclic) bond motifs is 1. The first-order valence-corrected chi connectivity index (χ1v) is 7.19. The smallest absolute Gasteiger partial charge is 0.305 e. The van der Waals surface area contributed by atoms with Crippen LogP contribution in [0.5, 0.6) is 0 Å². The van der Waals surface area contributed by atoms with Gasteiger partial charge in [0.1, 0.15) is 0 Å². The molecule has 1 atom stereocenters. The van der Waals surface area contributed by atoms with Gasteiger partial charge in [0.2, 0.25) is 0 Å². The molecule has 0 saturated heterocycles. The highest BCUT2D eigenvalue weighted by atomic mass is 32.1. The number of aliphatic carboxylic acids is 1. The van der Waals surface area contributed by atoms with Crippen molar-refractivity contribution in [2.45, 2.75) is 19.0 Å². The third kappa shape index (κ3) is 2.20. The lowest BCUT2D eigenvalue weighted by Gasteiger charge is -2.25. The molecule has 1 aliphatic heterocycles. The van der Waals surface area contributed by atoms with Crippen molar-refractivity contribution in [1.29, 1.82) is 0 Å². The van der Waals surface area contributed by atoms with E-state index < -0.39 is 12.0 Å². The van der Waals surface area contributed by atoms with Gasteiger partial charge < -0.3 is 10.0 Å². The van der Waals surface area contributed by atoms with E-state index in [1.807, 2.05) is 35.7 Å². The lowest BCUT2D eigenvalue weighted by molar-refractivity contribution is -0.138. The Kier molecular flexibility index (Phi) is 3.28. The summed E-state index contributed by atoms with van der Waals surface area (Å²) in [7, 11) is 0. The molecule has 0 radical (unpaired) electrons. The van der Waals surface area contributed by atoms with Crippen molar-refractivity contribution < 1.29 is 14.7 Å². The average Bonchev–Trinajstić information content (AvgIpc) is 3.05. The van der Waals surface area contributed by atoms with Gasteiger partial charge in [0.15, 0.2) is 0 Å². The van der Waals surface area contributed by atoms with Crippen molar-refractivity contribution in [3.63, 3.8) is 0 Å². The number of hydrogen-bond acceptors (Lipinski definition) is 3. The van der Waals surface area contributed by atoms with Crippen LogP contribution in [0.3, 0.4) is 0 Å². The molecule has 1 aromatic heterocycles. The van der Waals surface area contributed by atoms with E-state index in [0.717, 1.165) is 10.4 Å². The fourth-order valence-electron chi connectivity index (χ4n) is 2.54. The Morgan fingerprint density at radius 3 is 2.75 bits per heavy atom. The number of carbonyl (C=O) groups excluding carboxylic acids is 1. The number of rotatable bonds is 4. The van der Waals surface area contributed by atoms with E-state index in [1.165, 1.54) is 11.3 Å². The van der Waals surface area contributed by atoms with Crippen molar-refractivity contribution in [3.05, 3.63) is 57.8 Å². The van der Waals surface area contributed by atoms with Crippen LogP contribution in [0.15, 0.2) is 41.8 Å². The number of thiophene rings is 1. The standard InChI is InChI=1S/C15H13NO3S/c17-14(18)8-12(13-6-3-7-20-13)16-9-10-4-1-2-5-11(10)15(16)19/h1-7,12H,8-9H2,(H,17,18)/t12-/m1/s1. The Morgan fingerprint density at radius 1 is 1.30 bits per heavy atom. The lowest BCUT2D eigenvalue weighted by Crippen LogP contribution is -2.30. The number of carboxylic acids is 1. The molecule has 5 heteroatoms. The van der Waals surface area contributed by atoms with Gasteiger partial charge >= 0.3 is 5.97 Å². The van der Waals surface area contributed by atoms with Gasteiger partial charge in [0, 0.05) is 17.0 Å². The Balaban J connectivity index is 1.94. The van der Waals surface area contributed by atoms with Gasteiger partial charge in [-0.15, -0.1) is 11.3 Å². The summed E-state index contributed by atoms with van der Waals surface area (Å²) < 4.78 is 0. The second kappa shape index (κ2) is 5.09. The number of carboxylic acid groups (broad SMARTS) is 1. The number of hydrogen-bond donors (Lipinski definition) is 1. The van der Waals surface area contributed by atoms with Crippen LogP contribution in [0.25, 0.3) is 0 Å². The summed E-state index contributed by atoms with van der Waals surface area (Å²) in [6.07, 6.45) is -0.0692. The van der Waals surface area contributed by atoms with Crippen molar-refractivity contribution >= 4 is 23.2 Å². The predicted octanol–water partition coefficient (Wildman–Crippen LogP) is 2.92. The molecule has 0 spiro atoms. The maximum absolute atomic E-state index is 12.5. The first kappa shape index (κ1) is 12.9. The molecule has 0 unspecified atom stereocenters. The second-order valence-electron chi connectivity index (χ2n) is 4.72. The van der Waals surface area contributed by atoms with Gasteiger partial charge in [0.05, 0.1) is 12.5 Å². The Hall–Kier alpha value is -2.14. The molecule has 102 valence electrons. The summed E-state index contributed by atoms with van der Waals surface area (Å²) in [6, 6.07) is 10.8. The van der Waals surface area contributed by atoms with Crippen molar-refractivity contribution in [2.75, 3.05) is 0 Å². The average molecular weight is 287 g/mol. The van der Waals surface area contributed by atoms with Crippen molar-refractivity contribution in [3.8, 4) is 0 Å². The predicted molar refractivity (Wildman–Crippen MR) is 75.6 cm³/mol. The first-order chi connectivity index (χ1) is 9.66. The highest BCUT2D eigenvalue weighted by Gasteiger charge is 2.34. The molecule has 0 aliphatic carbocycles. The molecule has 2 aromatic rings. The van der Waals surface area contributed by atoms with Gasteiger partial charge in [-0.1, -0.05) is 24.3 Å². The first-order valence-electron chi connectivity index (χ1n) is 6.31. The van der Waals surface area contributed by atoms with E-state index in [1.54, 1.807) is 11.0 Å². The van der Waals surface area contributed by atoms with Gasteiger partial charge in [-0.25, -0.2) is 0 Å². The van der Waals surface area contributed by atoms with Crippen molar-refractivity contribution in [1.82, 2.24) is 4.90 Å². The van der Waals surface area contributed by atoms with E-state index >= 15 is 0 Å². The van der Waals surface area contributed by atoms with Crippen LogP contribution in [0, 0.1) is 0 Å². The normalized spacial score (nSPS) is 15.2. The molecular weight excluding hydrogens is 274 g/mol. The monoisotopic (exact) mass is 287 g/mol. The zero-order chi connectivity index (χ0) is 14.1. The molecule has 2 heterocycles. The molecule has 0 fully saturated rings. The van der Waals surface area contributed by atoms with Gasteiger partial charge in [-0.2, -0.15) is 0 Å². The summed E-state index contributed by atoms with van der Waals surface area (Å²) in [6.45, 7) is 0.477. The molecule has 1 aliphatic rings. The highest BCUT2D eigenvalue weighted by molar-refractivity contribution is 7.10. The minimum absolute atomic E-state index is 0.0692. The van der Waals surface area contributed by atoms with Crippen LogP contribution in [0.2, 0.25) is 0 Å². The quantitative estimate of drug-likeness (QED) is 0.940.